The predicted molar refractivity (Wildman–Crippen MR) is 113 cm³/mol. The van der Waals surface area contributed by atoms with E-state index in [0.717, 1.165) is 12.1 Å². The molecule has 0 aromatic heterocycles. The zero-order valence-corrected chi connectivity index (χ0v) is 15.3. The third kappa shape index (κ3) is 3.92. The molecule has 0 radical (unpaired) electrons. The first-order valence-electron chi connectivity index (χ1n) is 9.38. The number of benzene rings is 4. The Morgan fingerprint density at radius 1 is 0.630 bits per heavy atom. The summed E-state index contributed by atoms with van der Waals surface area (Å²) in [6.07, 6.45) is 0. The second-order valence-electron chi connectivity index (χ2n) is 6.84. The fraction of sp³-hybridized carbons (Fsp3) is 0.120. The van der Waals surface area contributed by atoms with E-state index in [0.29, 0.717) is 0 Å². The van der Waals surface area contributed by atoms with Gasteiger partial charge in [-0.15, -0.1) is 0 Å². The molecule has 4 aromatic carbocycles. The standard InChI is InChI=1S/C25H24N2/c26-24(20-11-3-1-4-12-20)25(21-13-5-2-6-14-21)27-18-22-16-9-15-19-10-7-8-17-23(19)22/h1-17,24-25,27H,18,26H2. The molecule has 0 bridgehead atoms. The molecule has 0 heterocycles. The van der Waals surface area contributed by atoms with Crippen LogP contribution < -0.4 is 11.1 Å². The molecule has 0 spiro atoms. The van der Waals surface area contributed by atoms with Gasteiger partial charge in [-0.1, -0.05) is 103 Å². The zero-order valence-electron chi connectivity index (χ0n) is 15.3. The van der Waals surface area contributed by atoms with Gasteiger partial charge in [0.2, 0.25) is 0 Å². The van der Waals surface area contributed by atoms with E-state index < -0.39 is 0 Å². The minimum Gasteiger partial charge on any atom is -0.322 e. The van der Waals surface area contributed by atoms with Gasteiger partial charge in [-0.2, -0.15) is 0 Å². The van der Waals surface area contributed by atoms with Gasteiger partial charge in [-0.25, -0.2) is 0 Å². The van der Waals surface area contributed by atoms with Crippen LogP contribution in [0.25, 0.3) is 10.8 Å². The van der Waals surface area contributed by atoms with Crippen molar-refractivity contribution in [1.29, 1.82) is 0 Å². The van der Waals surface area contributed by atoms with E-state index in [9.17, 15) is 0 Å². The number of hydrogen-bond acceptors (Lipinski definition) is 2. The molecular weight excluding hydrogens is 328 g/mol. The molecule has 2 nitrogen and oxygen atoms in total. The molecule has 2 unspecified atom stereocenters. The normalized spacial score (nSPS) is 13.4. The first-order valence-corrected chi connectivity index (χ1v) is 9.38. The summed E-state index contributed by atoms with van der Waals surface area (Å²) in [6.45, 7) is 0.765. The highest BCUT2D eigenvalue weighted by Gasteiger charge is 2.21. The molecule has 0 saturated carbocycles. The molecule has 0 aliphatic carbocycles. The minimum absolute atomic E-state index is 0.0348. The number of nitrogens with one attached hydrogen (secondary N) is 1. The Bertz CT molecular complexity index is 991. The maximum Gasteiger partial charge on any atom is 0.0518 e. The second-order valence-corrected chi connectivity index (χ2v) is 6.84. The topological polar surface area (TPSA) is 38.0 Å². The highest BCUT2D eigenvalue weighted by atomic mass is 15.0. The highest BCUT2D eigenvalue weighted by molar-refractivity contribution is 5.85. The first-order chi connectivity index (χ1) is 13.3. The van der Waals surface area contributed by atoms with Crippen molar-refractivity contribution in [1.82, 2.24) is 5.32 Å². The van der Waals surface area contributed by atoms with Crippen LogP contribution in [0.4, 0.5) is 0 Å². The first kappa shape index (κ1) is 17.5. The molecule has 134 valence electrons. The molecule has 0 saturated heterocycles. The van der Waals surface area contributed by atoms with Crippen molar-refractivity contribution in [3.05, 3.63) is 120 Å². The lowest BCUT2D eigenvalue weighted by atomic mass is 9.93. The summed E-state index contributed by atoms with van der Waals surface area (Å²) >= 11 is 0. The van der Waals surface area contributed by atoms with Gasteiger partial charge in [0.1, 0.15) is 0 Å². The average molecular weight is 352 g/mol. The van der Waals surface area contributed by atoms with E-state index in [4.69, 9.17) is 5.73 Å². The summed E-state index contributed by atoms with van der Waals surface area (Å²) in [5.74, 6) is 0. The summed E-state index contributed by atoms with van der Waals surface area (Å²) < 4.78 is 0. The van der Waals surface area contributed by atoms with Gasteiger partial charge in [-0.05, 0) is 27.5 Å². The van der Waals surface area contributed by atoms with Crippen LogP contribution in [0.1, 0.15) is 28.8 Å². The largest absolute Gasteiger partial charge is 0.322 e. The van der Waals surface area contributed by atoms with Crippen molar-refractivity contribution in [2.24, 2.45) is 5.73 Å². The van der Waals surface area contributed by atoms with Crippen molar-refractivity contribution in [3.8, 4) is 0 Å². The van der Waals surface area contributed by atoms with E-state index in [1.54, 1.807) is 0 Å². The third-order valence-corrected chi connectivity index (χ3v) is 5.09. The molecule has 4 rings (SSSR count). The van der Waals surface area contributed by atoms with E-state index in [-0.39, 0.29) is 12.1 Å². The van der Waals surface area contributed by atoms with E-state index in [1.807, 2.05) is 24.3 Å². The molecule has 2 atom stereocenters. The van der Waals surface area contributed by atoms with Crippen LogP contribution in [0.5, 0.6) is 0 Å². The van der Waals surface area contributed by atoms with Crippen molar-refractivity contribution in [3.63, 3.8) is 0 Å². The fourth-order valence-corrected chi connectivity index (χ4v) is 3.65. The van der Waals surface area contributed by atoms with Gasteiger partial charge in [-0.3, -0.25) is 0 Å². The fourth-order valence-electron chi connectivity index (χ4n) is 3.65. The monoisotopic (exact) mass is 352 g/mol. The van der Waals surface area contributed by atoms with E-state index >= 15 is 0 Å². The summed E-state index contributed by atoms with van der Waals surface area (Å²) in [6, 6.07) is 35.7. The molecule has 2 heteroatoms. The van der Waals surface area contributed by atoms with Gasteiger partial charge >= 0.3 is 0 Å². The Labute approximate surface area is 160 Å². The Morgan fingerprint density at radius 2 is 1.22 bits per heavy atom. The quantitative estimate of drug-likeness (QED) is 0.489. The number of rotatable bonds is 6. The molecule has 0 amide bonds. The van der Waals surface area contributed by atoms with Crippen LogP contribution >= 0.6 is 0 Å². The van der Waals surface area contributed by atoms with Crippen molar-refractivity contribution < 1.29 is 0 Å². The summed E-state index contributed by atoms with van der Waals surface area (Å²) in [5, 5.41) is 6.27. The molecule has 0 aliphatic rings. The van der Waals surface area contributed by atoms with Gasteiger partial charge in [0.25, 0.3) is 0 Å². The molecule has 0 aliphatic heterocycles. The average Bonchev–Trinajstić information content (AvgIpc) is 2.75. The second kappa shape index (κ2) is 8.17. The number of hydrogen-bond donors (Lipinski definition) is 2. The Hall–Kier alpha value is -2.94. The Morgan fingerprint density at radius 3 is 1.96 bits per heavy atom. The van der Waals surface area contributed by atoms with Crippen LogP contribution in [0, 0.1) is 0 Å². The molecule has 3 N–H and O–H groups in total. The minimum atomic E-state index is -0.122. The Kier molecular flexibility index (Phi) is 5.29. The van der Waals surface area contributed by atoms with Crippen LogP contribution in [0.15, 0.2) is 103 Å². The maximum atomic E-state index is 6.69. The van der Waals surface area contributed by atoms with Crippen molar-refractivity contribution in [2.75, 3.05) is 0 Å². The lowest BCUT2D eigenvalue weighted by Gasteiger charge is -2.26. The van der Waals surface area contributed by atoms with Crippen molar-refractivity contribution in [2.45, 2.75) is 18.6 Å². The maximum absolute atomic E-state index is 6.69. The summed E-state index contributed by atoms with van der Waals surface area (Å²) in [5.41, 5.74) is 10.3. The SMILES string of the molecule is NC(c1ccccc1)C(NCc1cccc2ccccc12)c1ccccc1. The molecular formula is C25H24N2. The lowest BCUT2D eigenvalue weighted by molar-refractivity contribution is 0.452. The molecule has 27 heavy (non-hydrogen) atoms. The number of fused-ring (bicyclic) bond motifs is 1. The smallest absolute Gasteiger partial charge is 0.0518 e. The molecule has 4 aromatic rings. The zero-order chi connectivity index (χ0) is 18.5. The van der Waals surface area contributed by atoms with Crippen LogP contribution in [-0.2, 0) is 6.54 Å². The van der Waals surface area contributed by atoms with Crippen LogP contribution in [0.3, 0.4) is 0 Å². The van der Waals surface area contributed by atoms with E-state index in [2.05, 4.69) is 84.2 Å². The predicted octanol–water partition coefficient (Wildman–Crippen LogP) is 5.37. The number of nitrogens with two attached hydrogens (primary N) is 1. The van der Waals surface area contributed by atoms with Crippen LogP contribution in [-0.4, -0.2) is 0 Å². The lowest BCUT2D eigenvalue weighted by Crippen LogP contribution is -2.31. The van der Waals surface area contributed by atoms with Crippen LogP contribution in [0.2, 0.25) is 0 Å². The van der Waals surface area contributed by atoms with Gasteiger partial charge in [0.15, 0.2) is 0 Å². The van der Waals surface area contributed by atoms with Gasteiger partial charge in [0.05, 0.1) is 6.04 Å². The van der Waals surface area contributed by atoms with E-state index in [1.165, 1.54) is 21.9 Å². The highest BCUT2D eigenvalue weighted by Crippen LogP contribution is 2.28. The van der Waals surface area contributed by atoms with Crippen molar-refractivity contribution >= 4 is 10.8 Å². The molecule has 0 fully saturated rings. The summed E-state index contributed by atoms with van der Waals surface area (Å²) in [7, 11) is 0. The summed E-state index contributed by atoms with van der Waals surface area (Å²) in [4.78, 5) is 0. The van der Waals surface area contributed by atoms with Gasteiger partial charge in [0, 0.05) is 12.6 Å². The Balaban J connectivity index is 1.63. The van der Waals surface area contributed by atoms with Gasteiger partial charge < -0.3 is 11.1 Å². The third-order valence-electron chi connectivity index (χ3n) is 5.09.